The summed E-state index contributed by atoms with van der Waals surface area (Å²) in [7, 11) is -1.99. The molecule has 0 amide bonds. The van der Waals surface area contributed by atoms with Crippen LogP contribution in [-0.4, -0.2) is 23.6 Å². The molecule has 130 valence electrons. The molecule has 0 fully saturated rings. The first-order chi connectivity index (χ1) is 11.1. The average Bonchev–Trinajstić information content (AvgIpc) is 2.79. The highest BCUT2D eigenvalue weighted by atomic mass is 32.2. The van der Waals surface area contributed by atoms with Gasteiger partial charge >= 0.3 is 0 Å². The third-order valence-electron chi connectivity index (χ3n) is 4.15. The standard InChI is InChI=1S/C16H22N4O3S/c1-10-18-15(9-20(10)4)24(21,22)19-13-8-16(2,3)23-14-6-5-11(17)7-12(13)14/h5-7,9,13,19H,8,17H2,1-4H3. The molecule has 1 aromatic carbocycles. The smallest absolute Gasteiger partial charge is 0.260 e. The van der Waals surface area contributed by atoms with E-state index in [4.69, 9.17) is 10.5 Å². The molecule has 0 saturated carbocycles. The Morgan fingerprint density at radius 2 is 2.12 bits per heavy atom. The van der Waals surface area contributed by atoms with Crippen molar-refractivity contribution in [2.24, 2.45) is 7.05 Å². The molecule has 0 bridgehead atoms. The minimum atomic E-state index is -3.75. The number of nitrogens with one attached hydrogen (secondary N) is 1. The van der Waals surface area contributed by atoms with E-state index in [1.54, 1.807) is 36.7 Å². The maximum Gasteiger partial charge on any atom is 0.260 e. The van der Waals surface area contributed by atoms with Crippen LogP contribution in [0.25, 0.3) is 0 Å². The van der Waals surface area contributed by atoms with Crippen LogP contribution in [0.1, 0.15) is 37.7 Å². The molecule has 1 aliphatic rings. The molecule has 3 rings (SSSR count). The molecule has 1 aromatic heterocycles. The van der Waals surface area contributed by atoms with E-state index < -0.39 is 21.7 Å². The van der Waals surface area contributed by atoms with Gasteiger partial charge in [-0.15, -0.1) is 0 Å². The van der Waals surface area contributed by atoms with Gasteiger partial charge in [-0.2, -0.15) is 0 Å². The number of fused-ring (bicyclic) bond motifs is 1. The van der Waals surface area contributed by atoms with Gasteiger partial charge in [-0.3, -0.25) is 0 Å². The Balaban J connectivity index is 1.98. The lowest BCUT2D eigenvalue weighted by molar-refractivity contribution is 0.0702. The Hall–Kier alpha value is -2.06. The summed E-state index contributed by atoms with van der Waals surface area (Å²) in [4.78, 5) is 4.11. The number of rotatable bonds is 3. The lowest BCUT2D eigenvalue weighted by Gasteiger charge is -2.37. The first kappa shape index (κ1) is 16.8. The molecule has 2 heterocycles. The normalized spacial score (nSPS) is 19.6. The fourth-order valence-corrected chi connectivity index (χ4v) is 4.14. The molecule has 0 radical (unpaired) electrons. The van der Waals surface area contributed by atoms with Crippen molar-refractivity contribution in [3.8, 4) is 5.75 Å². The van der Waals surface area contributed by atoms with Crippen LogP contribution in [0.15, 0.2) is 29.4 Å². The van der Waals surface area contributed by atoms with Gasteiger partial charge in [0.25, 0.3) is 10.0 Å². The minimum absolute atomic E-state index is 0.0113. The van der Waals surface area contributed by atoms with Crippen LogP contribution in [-0.2, 0) is 17.1 Å². The van der Waals surface area contributed by atoms with Crippen molar-refractivity contribution in [2.45, 2.75) is 43.9 Å². The van der Waals surface area contributed by atoms with Crippen LogP contribution < -0.4 is 15.2 Å². The third-order valence-corrected chi connectivity index (χ3v) is 5.49. The van der Waals surface area contributed by atoms with E-state index in [2.05, 4.69) is 9.71 Å². The minimum Gasteiger partial charge on any atom is -0.487 e. The summed E-state index contributed by atoms with van der Waals surface area (Å²) in [5.41, 5.74) is 6.68. The number of sulfonamides is 1. The maximum absolute atomic E-state index is 12.7. The second-order valence-corrected chi connectivity index (χ2v) is 8.44. The van der Waals surface area contributed by atoms with Gasteiger partial charge in [0.2, 0.25) is 0 Å². The number of hydrogen-bond donors (Lipinski definition) is 2. The zero-order chi connectivity index (χ0) is 17.7. The van der Waals surface area contributed by atoms with Crippen LogP contribution in [0.3, 0.4) is 0 Å². The Morgan fingerprint density at radius 3 is 2.75 bits per heavy atom. The molecule has 0 spiro atoms. The van der Waals surface area contributed by atoms with Crippen molar-refractivity contribution in [1.82, 2.24) is 14.3 Å². The van der Waals surface area contributed by atoms with Crippen molar-refractivity contribution in [1.29, 1.82) is 0 Å². The zero-order valence-electron chi connectivity index (χ0n) is 14.2. The highest BCUT2D eigenvalue weighted by molar-refractivity contribution is 7.89. The lowest BCUT2D eigenvalue weighted by atomic mass is 9.90. The van der Waals surface area contributed by atoms with Crippen LogP contribution >= 0.6 is 0 Å². The second-order valence-electron chi connectivity index (χ2n) is 6.77. The second kappa shape index (κ2) is 5.49. The quantitative estimate of drug-likeness (QED) is 0.824. The van der Waals surface area contributed by atoms with Crippen molar-refractivity contribution < 1.29 is 13.2 Å². The monoisotopic (exact) mass is 350 g/mol. The lowest BCUT2D eigenvalue weighted by Crippen LogP contribution is -2.41. The number of anilines is 1. The predicted molar refractivity (Wildman–Crippen MR) is 91.2 cm³/mol. The van der Waals surface area contributed by atoms with Crippen LogP contribution in [0.5, 0.6) is 5.75 Å². The number of aromatic nitrogens is 2. The van der Waals surface area contributed by atoms with Gasteiger partial charge in [-0.25, -0.2) is 18.1 Å². The van der Waals surface area contributed by atoms with Gasteiger partial charge in [0.05, 0.1) is 6.04 Å². The summed E-state index contributed by atoms with van der Waals surface area (Å²) in [5.74, 6) is 1.28. The van der Waals surface area contributed by atoms with Gasteiger partial charge in [0, 0.05) is 30.9 Å². The number of aryl methyl sites for hydroxylation is 2. The first-order valence-corrected chi connectivity index (χ1v) is 9.16. The van der Waals surface area contributed by atoms with Gasteiger partial charge in [-0.1, -0.05) is 0 Å². The topological polar surface area (TPSA) is 99.2 Å². The third kappa shape index (κ3) is 3.11. The summed E-state index contributed by atoms with van der Waals surface area (Å²) >= 11 is 0. The SMILES string of the molecule is Cc1nc(S(=O)(=O)NC2CC(C)(C)Oc3ccc(N)cc32)cn1C. The Kier molecular flexibility index (Phi) is 3.84. The van der Waals surface area contributed by atoms with Crippen molar-refractivity contribution in [3.05, 3.63) is 35.8 Å². The van der Waals surface area contributed by atoms with E-state index in [1.807, 2.05) is 13.8 Å². The fourth-order valence-electron chi connectivity index (χ4n) is 2.88. The molecule has 1 unspecified atom stereocenters. The first-order valence-electron chi connectivity index (χ1n) is 7.68. The number of imidazole rings is 1. The van der Waals surface area contributed by atoms with Crippen LogP contribution in [0.4, 0.5) is 5.69 Å². The molecule has 8 heteroatoms. The average molecular weight is 350 g/mol. The van der Waals surface area contributed by atoms with Gasteiger partial charge in [0.1, 0.15) is 17.2 Å². The van der Waals surface area contributed by atoms with E-state index in [1.165, 1.54) is 6.20 Å². The van der Waals surface area contributed by atoms with Crippen molar-refractivity contribution in [3.63, 3.8) is 0 Å². The molecule has 7 nitrogen and oxygen atoms in total. The molecular weight excluding hydrogens is 328 g/mol. The van der Waals surface area contributed by atoms with E-state index in [-0.39, 0.29) is 5.03 Å². The predicted octanol–water partition coefficient (Wildman–Crippen LogP) is 1.89. The molecule has 3 N–H and O–H groups in total. The zero-order valence-corrected chi connectivity index (χ0v) is 15.0. The maximum atomic E-state index is 12.7. The highest BCUT2D eigenvalue weighted by Crippen LogP contribution is 2.40. The number of nitrogen functional groups attached to an aromatic ring is 1. The Labute approximate surface area is 141 Å². The number of nitrogens with two attached hydrogens (primary N) is 1. The molecule has 1 atom stereocenters. The Bertz CT molecular complexity index is 867. The summed E-state index contributed by atoms with van der Waals surface area (Å²) in [5, 5.41) is 0.0113. The van der Waals surface area contributed by atoms with Gasteiger partial charge in [-0.05, 0) is 39.0 Å². The molecule has 2 aromatic rings. The van der Waals surface area contributed by atoms with E-state index >= 15 is 0 Å². The highest BCUT2D eigenvalue weighted by Gasteiger charge is 2.36. The summed E-state index contributed by atoms with van der Waals surface area (Å²) < 4.78 is 35.8. The molecule has 1 aliphatic heterocycles. The number of hydrogen-bond acceptors (Lipinski definition) is 5. The van der Waals surface area contributed by atoms with Crippen LogP contribution in [0, 0.1) is 6.92 Å². The van der Waals surface area contributed by atoms with Crippen LogP contribution in [0.2, 0.25) is 0 Å². The Morgan fingerprint density at radius 1 is 1.42 bits per heavy atom. The van der Waals surface area contributed by atoms with Gasteiger partial charge < -0.3 is 15.0 Å². The molecule has 0 aliphatic carbocycles. The van der Waals surface area contributed by atoms with Crippen molar-refractivity contribution >= 4 is 15.7 Å². The van der Waals surface area contributed by atoms with E-state index in [9.17, 15) is 8.42 Å². The summed E-state index contributed by atoms with van der Waals surface area (Å²) in [6.45, 7) is 5.61. The van der Waals surface area contributed by atoms with Crippen molar-refractivity contribution in [2.75, 3.05) is 5.73 Å². The van der Waals surface area contributed by atoms with Gasteiger partial charge in [0.15, 0.2) is 5.03 Å². The molecule has 24 heavy (non-hydrogen) atoms. The van der Waals surface area contributed by atoms with E-state index in [0.29, 0.717) is 23.7 Å². The number of benzene rings is 1. The number of ether oxygens (including phenoxy) is 1. The largest absolute Gasteiger partial charge is 0.487 e. The number of nitrogens with zero attached hydrogens (tertiary/aromatic N) is 2. The molecular formula is C16H22N4O3S. The fraction of sp³-hybridized carbons (Fsp3) is 0.438. The van der Waals surface area contributed by atoms with E-state index in [0.717, 1.165) is 5.56 Å². The summed E-state index contributed by atoms with van der Waals surface area (Å²) in [6.07, 6.45) is 2.00. The molecule has 0 saturated heterocycles. The summed E-state index contributed by atoms with van der Waals surface area (Å²) in [6, 6.07) is 4.84.